The molecular formula is C27H28N6O2S2. The van der Waals surface area contributed by atoms with Crippen molar-refractivity contribution < 1.29 is 8.42 Å². The molecule has 0 aliphatic carbocycles. The van der Waals surface area contributed by atoms with Crippen LogP contribution < -0.4 is 14.9 Å². The second-order valence-corrected chi connectivity index (χ2v) is 11.4. The Kier molecular flexibility index (Phi) is 6.47. The number of pyridine rings is 2. The van der Waals surface area contributed by atoms with E-state index in [1.54, 1.807) is 18.5 Å². The van der Waals surface area contributed by atoms with E-state index < -0.39 is 10.0 Å². The van der Waals surface area contributed by atoms with Gasteiger partial charge in [-0.15, -0.1) is 0 Å². The molecule has 37 heavy (non-hydrogen) atoms. The second-order valence-electron chi connectivity index (χ2n) is 9.22. The summed E-state index contributed by atoms with van der Waals surface area (Å²) in [7, 11) is -3.39. The van der Waals surface area contributed by atoms with Gasteiger partial charge in [-0.25, -0.2) is 13.4 Å². The topological polar surface area (TPSA) is 92.2 Å². The number of nitrogens with zero attached hydrogens (tertiary/aromatic N) is 4. The third kappa shape index (κ3) is 4.82. The Morgan fingerprint density at radius 1 is 0.973 bits per heavy atom. The standard InChI is InChI=1S/C27H28N6O2S2/c1-17-15-20(11-12-22(17)31-37(4,34)35)33-26(25(30-27(33)36)23-9-5-7-13-28-23)21-16-18(2)32(19(21)3)24-10-6-8-14-29-24/h5-16,25-26,31H,1-4H3,(H,30,36)/t25-,26-/m1/s1. The zero-order chi connectivity index (χ0) is 26.3. The highest BCUT2D eigenvalue weighted by molar-refractivity contribution is 7.92. The smallest absolute Gasteiger partial charge is 0.229 e. The number of sulfonamides is 1. The van der Waals surface area contributed by atoms with E-state index in [-0.39, 0.29) is 12.1 Å². The zero-order valence-electron chi connectivity index (χ0n) is 21.0. The van der Waals surface area contributed by atoms with Crippen molar-refractivity contribution >= 4 is 38.7 Å². The van der Waals surface area contributed by atoms with Crippen molar-refractivity contribution in [2.75, 3.05) is 15.9 Å². The first-order valence-corrected chi connectivity index (χ1v) is 14.1. The molecule has 5 rings (SSSR count). The van der Waals surface area contributed by atoms with E-state index in [0.717, 1.165) is 46.0 Å². The van der Waals surface area contributed by atoms with Gasteiger partial charge >= 0.3 is 0 Å². The summed E-state index contributed by atoms with van der Waals surface area (Å²) in [4.78, 5) is 11.3. The molecule has 3 aromatic heterocycles. The Balaban J connectivity index is 1.65. The van der Waals surface area contributed by atoms with Crippen LogP contribution in [0.4, 0.5) is 11.4 Å². The maximum absolute atomic E-state index is 11.8. The fourth-order valence-electron chi connectivity index (χ4n) is 4.99. The molecule has 0 spiro atoms. The summed E-state index contributed by atoms with van der Waals surface area (Å²) in [6, 6.07) is 19.1. The number of aromatic nitrogens is 3. The largest absolute Gasteiger partial charge is 0.351 e. The Morgan fingerprint density at radius 3 is 2.32 bits per heavy atom. The van der Waals surface area contributed by atoms with Gasteiger partial charge in [0.1, 0.15) is 5.82 Å². The fraction of sp³-hybridized carbons (Fsp3) is 0.222. The van der Waals surface area contributed by atoms with Crippen molar-refractivity contribution in [1.29, 1.82) is 0 Å². The molecular weight excluding hydrogens is 504 g/mol. The molecule has 4 aromatic rings. The Morgan fingerprint density at radius 2 is 1.70 bits per heavy atom. The highest BCUT2D eigenvalue weighted by Crippen LogP contribution is 2.44. The van der Waals surface area contributed by atoms with Crippen LogP contribution in [0, 0.1) is 20.8 Å². The van der Waals surface area contributed by atoms with E-state index in [2.05, 4.69) is 49.4 Å². The maximum Gasteiger partial charge on any atom is 0.229 e. The summed E-state index contributed by atoms with van der Waals surface area (Å²) in [5.74, 6) is 0.852. The number of rotatable bonds is 6. The summed E-state index contributed by atoms with van der Waals surface area (Å²) in [5.41, 5.74) is 6.30. The van der Waals surface area contributed by atoms with E-state index >= 15 is 0 Å². The minimum atomic E-state index is -3.39. The number of benzene rings is 1. The first-order valence-electron chi connectivity index (χ1n) is 11.8. The average molecular weight is 533 g/mol. The molecule has 0 saturated carbocycles. The lowest BCUT2D eigenvalue weighted by molar-refractivity contribution is 0.565. The maximum atomic E-state index is 11.8. The molecule has 1 aliphatic rings. The van der Waals surface area contributed by atoms with Gasteiger partial charge < -0.3 is 14.8 Å². The summed E-state index contributed by atoms with van der Waals surface area (Å²) in [6.45, 7) is 6.04. The number of thiocarbonyl (C=S) groups is 1. The van der Waals surface area contributed by atoms with Crippen LogP contribution >= 0.6 is 12.2 Å². The molecule has 4 heterocycles. The molecule has 0 unspecified atom stereocenters. The Labute approximate surface area is 222 Å². The van der Waals surface area contributed by atoms with Crippen LogP contribution in [0.25, 0.3) is 5.82 Å². The van der Waals surface area contributed by atoms with E-state index in [9.17, 15) is 8.42 Å². The van der Waals surface area contributed by atoms with Gasteiger partial charge in [0.05, 0.1) is 29.7 Å². The number of hydrogen-bond donors (Lipinski definition) is 2. The number of hydrogen-bond acceptors (Lipinski definition) is 5. The predicted molar refractivity (Wildman–Crippen MR) is 151 cm³/mol. The zero-order valence-corrected chi connectivity index (χ0v) is 22.6. The highest BCUT2D eigenvalue weighted by Gasteiger charge is 2.42. The molecule has 0 amide bonds. The van der Waals surface area contributed by atoms with Gasteiger partial charge in [0.2, 0.25) is 10.0 Å². The minimum absolute atomic E-state index is 0.194. The summed E-state index contributed by atoms with van der Waals surface area (Å²) in [6.07, 6.45) is 4.72. The summed E-state index contributed by atoms with van der Waals surface area (Å²) in [5, 5.41) is 4.07. The van der Waals surface area contributed by atoms with E-state index in [0.29, 0.717) is 10.8 Å². The first-order chi connectivity index (χ1) is 17.6. The van der Waals surface area contributed by atoms with Crippen molar-refractivity contribution in [3.05, 3.63) is 101 Å². The lowest BCUT2D eigenvalue weighted by Gasteiger charge is -2.28. The van der Waals surface area contributed by atoms with E-state index in [4.69, 9.17) is 12.2 Å². The average Bonchev–Trinajstić information content (AvgIpc) is 3.35. The third-order valence-electron chi connectivity index (χ3n) is 6.55. The predicted octanol–water partition coefficient (Wildman–Crippen LogP) is 4.74. The Hall–Kier alpha value is -3.76. The SMILES string of the molecule is Cc1cc(N2C(=S)N[C@H](c3ccccn3)[C@H]2c2cc(C)n(-c3ccccn3)c2C)ccc1NS(C)(=O)=O. The van der Waals surface area contributed by atoms with Crippen LogP contribution in [0.5, 0.6) is 0 Å². The van der Waals surface area contributed by atoms with Crippen molar-refractivity contribution in [3.8, 4) is 5.82 Å². The fourth-order valence-corrected chi connectivity index (χ4v) is 5.96. The number of aryl methyl sites for hydroxylation is 2. The summed E-state index contributed by atoms with van der Waals surface area (Å²) < 4.78 is 28.3. The quantitative estimate of drug-likeness (QED) is 0.347. The van der Waals surface area contributed by atoms with E-state index in [1.807, 2.05) is 55.5 Å². The monoisotopic (exact) mass is 532 g/mol. The molecule has 0 radical (unpaired) electrons. The van der Waals surface area contributed by atoms with Crippen molar-refractivity contribution in [2.24, 2.45) is 0 Å². The molecule has 8 nitrogen and oxygen atoms in total. The highest BCUT2D eigenvalue weighted by atomic mass is 32.2. The molecule has 1 saturated heterocycles. The molecule has 1 aliphatic heterocycles. The van der Waals surface area contributed by atoms with Crippen molar-refractivity contribution in [3.63, 3.8) is 0 Å². The Bertz CT molecular complexity index is 1570. The van der Waals surface area contributed by atoms with Crippen LogP contribution in [0.3, 0.4) is 0 Å². The molecule has 2 N–H and O–H groups in total. The molecule has 1 fully saturated rings. The van der Waals surface area contributed by atoms with Gasteiger partial charge in [-0.1, -0.05) is 12.1 Å². The third-order valence-corrected chi connectivity index (χ3v) is 7.45. The first kappa shape index (κ1) is 24.9. The molecule has 2 atom stereocenters. The second kappa shape index (κ2) is 9.60. The van der Waals surface area contributed by atoms with Gasteiger partial charge in [0.25, 0.3) is 0 Å². The molecule has 10 heteroatoms. The summed E-state index contributed by atoms with van der Waals surface area (Å²) >= 11 is 5.87. The molecule has 1 aromatic carbocycles. The molecule has 0 bridgehead atoms. The normalized spacial score (nSPS) is 17.6. The number of nitrogens with one attached hydrogen (secondary N) is 2. The van der Waals surface area contributed by atoms with Crippen LogP contribution in [0.1, 0.15) is 40.3 Å². The molecule has 190 valence electrons. The van der Waals surface area contributed by atoms with Gasteiger partial charge in [0.15, 0.2) is 5.11 Å². The lowest BCUT2D eigenvalue weighted by atomic mass is 9.96. The van der Waals surface area contributed by atoms with Crippen molar-refractivity contribution in [2.45, 2.75) is 32.9 Å². The van der Waals surface area contributed by atoms with Crippen LogP contribution in [0.2, 0.25) is 0 Å². The van der Waals surface area contributed by atoms with Gasteiger partial charge in [0, 0.05) is 29.5 Å². The van der Waals surface area contributed by atoms with Crippen LogP contribution in [-0.4, -0.2) is 34.3 Å². The van der Waals surface area contributed by atoms with E-state index in [1.165, 1.54) is 0 Å². The van der Waals surface area contributed by atoms with Crippen molar-refractivity contribution in [1.82, 2.24) is 19.9 Å². The van der Waals surface area contributed by atoms with Crippen LogP contribution in [0.15, 0.2) is 73.1 Å². The van der Waals surface area contributed by atoms with Gasteiger partial charge in [-0.3, -0.25) is 9.71 Å². The number of anilines is 2. The minimum Gasteiger partial charge on any atom is -0.351 e. The lowest BCUT2D eigenvalue weighted by Crippen LogP contribution is -2.29. The van der Waals surface area contributed by atoms with Crippen LogP contribution in [-0.2, 0) is 10.0 Å². The van der Waals surface area contributed by atoms with Gasteiger partial charge in [-0.05, 0) is 92.6 Å². The van der Waals surface area contributed by atoms with Gasteiger partial charge in [-0.2, -0.15) is 0 Å².